The predicted molar refractivity (Wildman–Crippen MR) is 67.2 cm³/mol. The Kier molecular flexibility index (Phi) is 5.64. The Balaban J connectivity index is 2.80. The maximum atomic E-state index is 8.97. The molecule has 1 aromatic rings. The van der Waals surface area contributed by atoms with Crippen molar-refractivity contribution in [2.45, 2.75) is 39.2 Å². The number of unbranched alkanes of at least 4 members (excludes halogenated alkanes) is 1. The Labute approximate surface area is 102 Å². The molecule has 0 fully saturated rings. The largest absolute Gasteiger partial charge is 0.488 e. The van der Waals surface area contributed by atoms with E-state index in [9.17, 15) is 0 Å². The van der Waals surface area contributed by atoms with Gasteiger partial charge in [-0.15, -0.1) is 0 Å². The number of ether oxygens (including phenoxy) is 1. The number of aliphatic hydroxyl groups is 1. The normalized spacial score (nSPS) is 12.5. The molecule has 1 aromatic carbocycles. The van der Waals surface area contributed by atoms with E-state index in [-0.39, 0.29) is 12.7 Å². The van der Waals surface area contributed by atoms with E-state index >= 15 is 0 Å². The molecule has 0 heterocycles. The molecule has 1 N–H and O–H groups in total. The zero-order valence-electron chi connectivity index (χ0n) is 9.87. The van der Waals surface area contributed by atoms with Crippen LogP contribution in [-0.2, 0) is 6.42 Å². The summed E-state index contributed by atoms with van der Waals surface area (Å²) in [5, 5.41) is 9.64. The van der Waals surface area contributed by atoms with Crippen LogP contribution in [0.5, 0.6) is 5.75 Å². The molecule has 3 heteroatoms. The van der Waals surface area contributed by atoms with Gasteiger partial charge in [-0.3, -0.25) is 0 Å². The number of rotatable bonds is 6. The minimum Gasteiger partial charge on any atom is -0.488 e. The molecule has 0 amide bonds. The van der Waals surface area contributed by atoms with Gasteiger partial charge < -0.3 is 9.84 Å². The highest BCUT2D eigenvalue weighted by Crippen LogP contribution is 2.25. The smallest absolute Gasteiger partial charge is 0.124 e. The number of benzene rings is 1. The van der Waals surface area contributed by atoms with Gasteiger partial charge in [0.2, 0.25) is 0 Å². The molecule has 1 rings (SSSR count). The van der Waals surface area contributed by atoms with Gasteiger partial charge in [0.1, 0.15) is 11.9 Å². The third-order valence-electron chi connectivity index (χ3n) is 2.41. The van der Waals surface area contributed by atoms with Gasteiger partial charge in [-0.05, 0) is 37.5 Å². The highest BCUT2D eigenvalue weighted by Gasteiger charge is 2.08. The van der Waals surface area contributed by atoms with Crippen LogP contribution in [0.15, 0.2) is 18.2 Å². The molecule has 2 nitrogen and oxygen atoms in total. The van der Waals surface area contributed by atoms with Crippen molar-refractivity contribution in [1.29, 1.82) is 0 Å². The average Bonchev–Trinajstić information content (AvgIpc) is 2.28. The molecule has 0 aliphatic carbocycles. The van der Waals surface area contributed by atoms with Crippen molar-refractivity contribution in [3.63, 3.8) is 0 Å². The van der Waals surface area contributed by atoms with Crippen molar-refractivity contribution < 1.29 is 9.84 Å². The molecule has 0 radical (unpaired) electrons. The van der Waals surface area contributed by atoms with E-state index in [0.29, 0.717) is 5.02 Å². The maximum Gasteiger partial charge on any atom is 0.124 e. The summed E-state index contributed by atoms with van der Waals surface area (Å²) < 4.78 is 5.64. The lowest BCUT2D eigenvalue weighted by atomic mass is 10.1. The molecule has 16 heavy (non-hydrogen) atoms. The number of hydrogen-bond donors (Lipinski definition) is 1. The van der Waals surface area contributed by atoms with Crippen molar-refractivity contribution in [1.82, 2.24) is 0 Å². The molecule has 1 atom stereocenters. The predicted octanol–water partition coefficient (Wildman–Crippen LogP) is 3.44. The summed E-state index contributed by atoms with van der Waals surface area (Å²) in [4.78, 5) is 0. The van der Waals surface area contributed by atoms with Crippen LogP contribution in [0.25, 0.3) is 0 Å². The highest BCUT2D eigenvalue weighted by molar-refractivity contribution is 6.30. The summed E-state index contributed by atoms with van der Waals surface area (Å²) in [5.74, 6) is 0.794. The summed E-state index contributed by atoms with van der Waals surface area (Å²) in [6, 6.07) is 5.69. The standard InChI is InChI=1S/C13H19ClO2/c1-3-4-5-11-6-7-12(14)8-13(11)16-10(2)9-15/h6-8,10,15H,3-5,9H2,1-2H3/t10-/m1/s1. The first kappa shape index (κ1) is 13.3. The van der Waals surface area contributed by atoms with Gasteiger partial charge in [-0.1, -0.05) is 31.0 Å². The van der Waals surface area contributed by atoms with E-state index in [4.69, 9.17) is 21.4 Å². The van der Waals surface area contributed by atoms with Crippen LogP contribution < -0.4 is 4.74 Å². The summed E-state index contributed by atoms with van der Waals surface area (Å²) in [5.41, 5.74) is 1.16. The molecular formula is C13H19ClO2. The fourth-order valence-corrected chi connectivity index (χ4v) is 1.63. The average molecular weight is 243 g/mol. The van der Waals surface area contributed by atoms with Crippen LogP contribution in [0.4, 0.5) is 0 Å². The van der Waals surface area contributed by atoms with Crippen LogP contribution in [0.1, 0.15) is 32.3 Å². The molecule has 0 aliphatic heterocycles. The lowest BCUT2D eigenvalue weighted by molar-refractivity contribution is 0.128. The minimum absolute atomic E-state index is 0.0136. The number of aryl methyl sites for hydroxylation is 1. The number of aliphatic hydroxyl groups excluding tert-OH is 1. The summed E-state index contributed by atoms with van der Waals surface area (Å²) in [6.07, 6.45) is 3.07. The van der Waals surface area contributed by atoms with Crippen molar-refractivity contribution in [3.8, 4) is 5.75 Å². The van der Waals surface area contributed by atoms with Crippen LogP contribution >= 0.6 is 11.6 Å². The van der Waals surface area contributed by atoms with Crippen molar-refractivity contribution in [2.24, 2.45) is 0 Å². The van der Waals surface area contributed by atoms with Gasteiger partial charge >= 0.3 is 0 Å². The summed E-state index contributed by atoms with van der Waals surface area (Å²) in [6.45, 7) is 4.01. The molecule has 0 unspecified atom stereocenters. The first-order chi connectivity index (χ1) is 7.67. The second kappa shape index (κ2) is 6.77. The van der Waals surface area contributed by atoms with Gasteiger partial charge in [0.15, 0.2) is 0 Å². The van der Waals surface area contributed by atoms with E-state index in [1.165, 1.54) is 0 Å². The van der Waals surface area contributed by atoms with Crippen LogP contribution in [0.3, 0.4) is 0 Å². The molecule has 90 valence electrons. The van der Waals surface area contributed by atoms with E-state index in [1.54, 1.807) is 0 Å². The molecule has 0 aliphatic rings. The fourth-order valence-electron chi connectivity index (χ4n) is 1.47. The van der Waals surface area contributed by atoms with Gasteiger partial charge in [0.05, 0.1) is 6.61 Å². The Hall–Kier alpha value is -0.730. The van der Waals surface area contributed by atoms with Crippen molar-refractivity contribution >= 4 is 11.6 Å². The summed E-state index contributed by atoms with van der Waals surface area (Å²) >= 11 is 5.94. The third kappa shape index (κ3) is 4.03. The first-order valence-electron chi connectivity index (χ1n) is 5.73. The van der Waals surface area contributed by atoms with E-state index < -0.39 is 0 Å². The minimum atomic E-state index is -0.196. The van der Waals surface area contributed by atoms with Crippen LogP contribution in [-0.4, -0.2) is 17.8 Å². The zero-order valence-corrected chi connectivity index (χ0v) is 10.6. The zero-order chi connectivity index (χ0) is 12.0. The molecular weight excluding hydrogens is 224 g/mol. The van der Waals surface area contributed by atoms with Gasteiger partial charge in [0, 0.05) is 5.02 Å². The molecule has 0 bridgehead atoms. The topological polar surface area (TPSA) is 29.5 Å². The molecule has 0 spiro atoms. The van der Waals surface area contributed by atoms with E-state index in [1.807, 2.05) is 25.1 Å². The summed E-state index contributed by atoms with van der Waals surface area (Å²) in [7, 11) is 0. The molecule has 0 saturated carbocycles. The molecule has 0 aromatic heterocycles. The van der Waals surface area contributed by atoms with Crippen molar-refractivity contribution in [3.05, 3.63) is 28.8 Å². The number of halogens is 1. The van der Waals surface area contributed by atoms with E-state index in [2.05, 4.69) is 6.92 Å². The Morgan fingerprint density at radius 3 is 2.81 bits per heavy atom. The molecule has 0 saturated heterocycles. The quantitative estimate of drug-likeness (QED) is 0.828. The van der Waals surface area contributed by atoms with Crippen LogP contribution in [0.2, 0.25) is 5.02 Å². The van der Waals surface area contributed by atoms with Gasteiger partial charge in [-0.25, -0.2) is 0 Å². The lowest BCUT2D eigenvalue weighted by Gasteiger charge is -2.16. The van der Waals surface area contributed by atoms with E-state index in [0.717, 1.165) is 30.6 Å². The van der Waals surface area contributed by atoms with Crippen molar-refractivity contribution in [2.75, 3.05) is 6.61 Å². The number of hydrogen-bond acceptors (Lipinski definition) is 2. The van der Waals surface area contributed by atoms with Gasteiger partial charge in [-0.2, -0.15) is 0 Å². The van der Waals surface area contributed by atoms with Crippen LogP contribution in [0, 0.1) is 0 Å². The highest BCUT2D eigenvalue weighted by atomic mass is 35.5. The Morgan fingerprint density at radius 2 is 2.19 bits per heavy atom. The Morgan fingerprint density at radius 1 is 1.44 bits per heavy atom. The second-order valence-electron chi connectivity index (χ2n) is 3.97. The SMILES string of the molecule is CCCCc1ccc(Cl)cc1O[C@H](C)CO. The third-order valence-corrected chi connectivity index (χ3v) is 2.65. The Bertz CT molecular complexity index is 326. The lowest BCUT2D eigenvalue weighted by Crippen LogP contribution is -2.17. The maximum absolute atomic E-state index is 8.97. The monoisotopic (exact) mass is 242 g/mol. The van der Waals surface area contributed by atoms with Gasteiger partial charge in [0.25, 0.3) is 0 Å². The fraction of sp³-hybridized carbons (Fsp3) is 0.538. The first-order valence-corrected chi connectivity index (χ1v) is 6.11. The second-order valence-corrected chi connectivity index (χ2v) is 4.40.